The second-order valence-electron chi connectivity index (χ2n) is 6.80. The van der Waals surface area contributed by atoms with Crippen molar-refractivity contribution < 1.29 is 14.0 Å². The molecule has 0 aromatic heterocycles. The molecule has 6 heteroatoms. The minimum atomic E-state index is -0.324. The van der Waals surface area contributed by atoms with Crippen molar-refractivity contribution in [2.75, 3.05) is 31.5 Å². The van der Waals surface area contributed by atoms with E-state index < -0.39 is 0 Å². The number of amides is 2. The molecule has 130 valence electrons. The van der Waals surface area contributed by atoms with Crippen molar-refractivity contribution in [3.8, 4) is 0 Å². The number of hydrogen-bond acceptors (Lipinski definition) is 3. The zero-order chi connectivity index (χ0) is 17.1. The Morgan fingerprint density at radius 2 is 1.83 bits per heavy atom. The van der Waals surface area contributed by atoms with Crippen molar-refractivity contribution in [2.45, 2.75) is 19.8 Å². The second kappa shape index (κ2) is 7.30. The normalized spacial score (nSPS) is 20.3. The Hall–Kier alpha value is -1.95. The van der Waals surface area contributed by atoms with Crippen LogP contribution >= 0.6 is 0 Å². The van der Waals surface area contributed by atoms with E-state index in [-0.39, 0.29) is 29.5 Å². The average molecular weight is 333 g/mol. The zero-order valence-electron chi connectivity index (χ0n) is 13.9. The van der Waals surface area contributed by atoms with Crippen LogP contribution in [-0.2, 0) is 9.59 Å². The number of carbonyl (C=O) groups excluding carboxylic acids is 2. The molecule has 2 aliphatic rings. The summed E-state index contributed by atoms with van der Waals surface area (Å²) in [6.07, 6.45) is 1.35. The standard InChI is InChI=1S/C18H24FN3O2/c1-12(14-10-20-11-14)18(24)22-8-6-13(7-9-22)17(23)21-16-4-2-15(19)3-5-16/h2-5,12-14,20H,6-11H2,1H3,(H,21,23). The lowest BCUT2D eigenvalue weighted by Gasteiger charge is -2.37. The number of nitrogens with zero attached hydrogens (tertiary/aromatic N) is 1. The molecule has 5 nitrogen and oxygen atoms in total. The molecule has 1 unspecified atom stereocenters. The number of nitrogens with one attached hydrogen (secondary N) is 2. The predicted octanol–water partition coefficient (Wildman–Crippen LogP) is 1.86. The molecule has 0 aliphatic carbocycles. The molecule has 3 rings (SSSR count). The number of rotatable bonds is 4. The SMILES string of the molecule is CC(C(=O)N1CCC(C(=O)Nc2ccc(F)cc2)CC1)C1CNC1. The van der Waals surface area contributed by atoms with E-state index in [1.807, 2.05) is 11.8 Å². The summed E-state index contributed by atoms with van der Waals surface area (Å²) in [5, 5.41) is 6.03. The van der Waals surface area contributed by atoms with Crippen LogP contribution in [0.4, 0.5) is 10.1 Å². The van der Waals surface area contributed by atoms with Crippen LogP contribution in [-0.4, -0.2) is 42.9 Å². The van der Waals surface area contributed by atoms with Crippen LogP contribution in [0.5, 0.6) is 0 Å². The lowest BCUT2D eigenvalue weighted by molar-refractivity contribution is -0.140. The monoisotopic (exact) mass is 333 g/mol. The number of likely N-dealkylation sites (tertiary alicyclic amines) is 1. The van der Waals surface area contributed by atoms with Gasteiger partial charge in [0.25, 0.3) is 0 Å². The van der Waals surface area contributed by atoms with Gasteiger partial charge in [-0.15, -0.1) is 0 Å². The molecular formula is C18H24FN3O2. The van der Waals surface area contributed by atoms with E-state index in [1.165, 1.54) is 12.1 Å². The van der Waals surface area contributed by atoms with Gasteiger partial charge >= 0.3 is 0 Å². The van der Waals surface area contributed by atoms with Gasteiger partial charge in [-0.25, -0.2) is 4.39 Å². The molecule has 0 spiro atoms. The molecule has 2 N–H and O–H groups in total. The molecule has 24 heavy (non-hydrogen) atoms. The molecule has 2 heterocycles. The smallest absolute Gasteiger partial charge is 0.227 e. The zero-order valence-corrected chi connectivity index (χ0v) is 13.9. The second-order valence-corrected chi connectivity index (χ2v) is 6.80. The molecule has 2 amide bonds. The summed E-state index contributed by atoms with van der Waals surface area (Å²) >= 11 is 0. The molecule has 2 saturated heterocycles. The van der Waals surface area contributed by atoms with Gasteiger partial charge in [0.15, 0.2) is 0 Å². The van der Waals surface area contributed by atoms with Crippen LogP contribution in [0.25, 0.3) is 0 Å². The van der Waals surface area contributed by atoms with Crippen molar-refractivity contribution in [3.05, 3.63) is 30.1 Å². The highest BCUT2D eigenvalue weighted by Gasteiger charge is 2.34. The third kappa shape index (κ3) is 3.75. The van der Waals surface area contributed by atoms with Gasteiger partial charge < -0.3 is 15.5 Å². The van der Waals surface area contributed by atoms with E-state index in [9.17, 15) is 14.0 Å². The minimum Gasteiger partial charge on any atom is -0.342 e. The number of halogens is 1. The van der Waals surface area contributed by atoms with E-state index in [0.717, 1.165) is 13.1 Å². The van der Waals surface area contributed by atoms with E-state index in [4.69, 9.17) is 0 Å². The first-order valence-electron chi connectivity index (χ1n) is 8.60. The summed E-state index contributed by atoms with van der Waals surface area (Å²) in [7, 11) is 0. The lowest BCUT2D eigenvalue weighted by Crippen LogP contribution is -2.52. The van der Waals surface area contributed by atoms with E-state index in [0.29, 0.717) is 37.5 Å². The first kappa shape index (κ1) is 16.9. The lowest BCUT2D eigenvalue weighted by atomic mass is 9.87. The van der Waals surface area contributed by atoms with E-state index in [1.54, 1.807) is 12.1 Å². The molecule has 1 aromatic rings. The topological polar surface area (TPSA) is 61.4 Å². The summed E-state index contributed by atoms with van der Waals surface area (Å²) in [6.45, 7) is 5.10. The summed E-state index contributed by atoms with van der Waals surface area (Å²) in [5.74, 6) is 0.229. The Labute approximate surface area is 141 Å². The Bertz CT molecular complexity index is 593. The fourth-order valence-corrected chi connectivity index (χ4v) is 3.29. The van der Waals surface area contributed by atoms with E-state index >= 15 is 0 Å². The van der Waals surface area contributed by atoms with Gasteiger partial charge in [0, 0.05) is 30.6 Å². The third-order valence-electron chi connectivity index (χ3n) is 5.20. The molecule has 2 fully saturated rings. The van der Waals surface area contributed by atoms with Crippen molar-refractivity contribution in [3.63, 3.8) is 0 Å². The van der Waals surface area contributed by atoms with Crippen LogP contribution in [0, 0.1) is 23.6 Å². The maximum Gasteiger partial charge on any atom is 0.227 e. The largest absolute Gasteiger partial charge is 0.342 e. The van der Waals surface area contributed by atoms with Crippen LogP contribution in [0.2, 0.25) is 0 Å². The van der Waals surface area contributed by atoms with Gasteiger partial charge in [-0.1, -0.05) is 6.92 Å². The molecule has 2 aliphatic heterocycles. The Morgan fingerprint density at radius 3 is 2.38 bits per heavy atom. The summed E-state index contributed by atoms with van der Waals surface area (Å²) < 4.78 is 12.9. The predicted molar refractivity (Wildman–Crippen MR) is 89.9 cm³/mol. The van der Waals surface area contributed by atoms with Crippen molar-refractivity contribution in [2.24, 2.45) is 17.8 Å². The van der Waals surface area contributed by atoms with Crippen molar-refractivity contribution >= 4 is 17.5 Å². The number of hydrogen-bond donors (Lipinski definition) is 2. The molecule has 1 atom stereocenters. The Morgan fingerprint density at radius 1 is 1.21 bits per heavy atom. The quantitative estimate of drug-likeness (QED) is 0.884. The van der Waals surface area contributed by atoms with Gasteiger partial charge in [0.1, 0.15) is 5.82 Å². The van der Waals surface area contributed by atoms with Gasteiger partial charge in [-0.05, 0) is 56.1 Å². The number of piperidine rings is 1. The third-order valence-corrected chi connectivity index (χ3v) is 5.20. The maximum atomic E-state index is 12.9. The summed E-state index contributed by atoms with van der Waals surface area (Å²) in [6, 6.07) is 5.77. The summed E-state index contributed by atoms with van der Waals surface area (Å²) in [5.41, 5.74) is 0.603. The van der Waals surface area contributed by atoms with Crippen LogP contribution in [0.1, 0.15) is 19.8 Å². The van der Waals surface area contributed by atoms with Crippen LogP contribution < -0.4 is 10.6 Å². The highest BCUT2D eigenvalue weighted by atomic mass is 19.1. The molecule has 0 radical (unpaired) electrons. The maximum absolute atomic E-state index is 12.9. The Balaban J connectivity index is 1.48. The first-order valence-corrected chi connectivity index (χ1v) is 8.60. The number of anilines is 1. The molecule has 0 saturated carbocycles. The number of benzene rings is 1. The molecule has 0 bridgehead atoms. The fourth-order valence-electron chi connectivity index (χ4n) is 3.29. The Kier molecular flexibility index (Phi) is 5.14. The minimum absolute atomic E-state index is 0.0510. The van der Waals surface area contributed by atoms with Crippen LogP contribution in [0.3, 0.4) is 0 Å². The van der Waals surface area contributed by atoms with Crippen LogP contribution in [0.15, 0.2) is 24.3 Å². The van der Waals surface area contributed by atoms with Crippen molar-refractivity contribution in [1.29, 1.82) is 0 Å². The molecule has 1 aromatic carbocycles. The molecular weight excluding hydrogens is 309 g/mol. The van der Waals surface area contributed by atoms with E-state index in [2.05, 4.69) is 10.6 Å². The fraction of sp³-hybridized carbons (Fsp3) is 0.556. The highest BCUT2D eigenvalue weighted by Crippen LogP contribution is 2.24. The van der Waals surface area contributed by atoms with Gasteiger partial charge in [0.05, 0.1) is 0 Å². The van der Waals surface area contributed by atoms with Gasteiger partial charge in [-0.2, -0.15) is 0 Å². The van der Waals surface area contributed by atoms with Crippen molar-refractivity contribution in [1.82, 2.24) is 10.2 Å². The number of carbonyl (C=O) groups is 2. The highest BCUT2D eigenvalue weighted by molar-refractivity contribution is 5.92. The summed E-state index contributed by atoms with van der Waals surface area (Å²) in [4.78, 5) is 26.7. The average Bonchev–Trinajstić information content (AvgIpc) is 2.55. The van der Waals surface area contributed by atoms with Gasteiger partial charge in [-0.3, -0.25) is 9.59 Å². The first-order chi connectivity index (χ1) is 11.5. The van der Waals surface area contributed by atoms with Gasteiger partial charge in [0.2, 0.25) is 11.8 Å².